The molecule has 0 saturated heterocycles. The van der Waals surface area contributed by atoms with Gasteiger partial charge in [0.25, 0.3) is 0 Å². The van der Waals surface area contributed by atoms with Crippen LogP contribution in [-0.4, -0.2) is 26.9 Å². The number of carbonyl (C=O) groups is 1. The van der Waals surface area contributed by atoms with Crippen LogP contribution in [0.3, 0.4) is 0 Å². The van der Waals surface area contributed by atoms with Crippen LogP contribution in [0, 0.1) is 0 Å². The van der Waals surface area contributed by atoms with Crippen LogP contribution < -0.4 is 5.32 Å². The molecule has 2 N–H and O–H groups in total. The van der Waals surface area contributed by atoms with Gasteiger partial charge in [0.05, 0.1) is 5.69 Å². The molecular weight excluding hydrogens is 206 g/mol. The number of carboxylic acid groups (broad SMARTS) is 1. The Morgan fingerprint density at radius 3 is 2.88 bits per heavy atom. The monoisotopic (exact) mass is 225 g/mol. The van der Waals surface area contributed by atoms with E-state index in [0.29, 0.717) is 12.6 Å². The lowest BCUT2D eigenvalue weighted by atomic mass is 10.3. The topological polar surface area (TPSA) is 67.2 Å². The summed E-state index contributed by atoms with van der Waals surface area (Å²) in [5.41, 5.74) is 0.869. The lowest BCUT2D eigenvalue weighted by Crippen LogP contribution is -2.33. The van der Waals surface area contributed by atoms with Crippen molar-refractivity contribution in [1.82, 2.24) is 15.1 Å². The van der Waals surface area contributed by atoms with Crippen LogP contribution in [0.5, 0.6) is 0 Å². The lowest BCUT2D eigenvalue weighted by Gasteiger charge is -2.09. The van der Waals surface area contributed by atoms with Gasteiger partial charge in [0, 0.05) is 18.8 Å². The predicted octanol–water partition coefficient (Wildman–Crippen LogP) is 1.42. The van der Waals surface area contributed by atoms with Gasteiger partial charge in [-0.1, -0.05) is 6.92 Å². The predicted molar refractivity (Wildman–Crippen MR) is 61.2 cm³/mol. The van der Waals surface area contributed by atoms with Gasteiger partial charge in [0.2, 0.25) is 0 Å². The van der Waals surface area contributed by atoms with Crippen molar-refractivity contribution >= 4 is 5.97 Å². The van der Waals surface area contributed by atoms with Gasteiger partial charge in [-0.05, 0) is 26.3 Å². The van der Waals surface area contributed by atoms with Crippen LogP contribution in [0.15, 0.2) is 12.3 Å². The summed E-state index contributed by atoms with van der Waals surface area (Å²) in [6.07, 6.45) is 2.96. The Bertz CT molecular complexity index is 349. The molecule has 0 aliphatic heterocycles. The van der Waals surface area contributed by atoms with Gasteiger partial charge in [-0.2, -0.15) is 5.10 Å². The summed E-state index contributed by atoms with van der Waals surface area (Å²) in [4.78, 5) is 10.6. The SMILES string of the molecule is CCC(C)n1ccc(CN[C@@H](C)C(=O)O)n1. The fourth-order valence-electron chi connectivity index (χ4n) is 1.25. The zero-order valence-corrected chi connectivity index (χ0v) is 9.97. The molecule has 2 atom stereocenters. The molecule has 1 aromatic heterocycles. The van der Waals surface area contributed by atoms with Gasteiger partial charge >= 0.3 is 5.97 Å². The van der Waals surface area contributed by atoms with Crippen LogP contribution in [0.25, 0.3) is 0 Å². The van der Waals surface area contributed by atoms with Crippen molar-refractivity contribution in [3.63, 3.8) is 0 Å². The third kappa shape index (κ3) is 3.34. The van der Waals surface area contributed by atoms with Gasteiger partial charge < -0.3 is 5.11 Å². The maximum atomic E-state index is 10.6. The van der Waals surface area contributed by atoms with Crippen LogP contribution in [0.4, 0.5) is 0 Å². The fourth-order valence-corrected chi connectivity index (χ4v) is 1.25. The molecule has 0 saturated carbocycles. The van der Waals surface area contributed by atoms with Gasteiger partial charge in [-0.15, -0.1) is 0 Å². The summed E-state index contributed by atoms with van der Waals surface area (Å²) in [6, 6.07) is 1.74. The number of nitrogens with zero attached hydrogens (tertiary/aromatic N) is 2. The second-order valence-electron chi connectivity index (χ2n) is 3.99. The molecule has 1 heterocycles. The largest absolute Gasteiger partial charge is 0.480 e. The second-order valence-corrected chi connectivity index (χ2v) is 3.99. The van der Waals surface area contributed by atoms with E-state index in [-0.39, 0.29) is 0 Å². The van der Waals surface area contributed by atoms with Crippen LogP contribution in [0.2, 0.25) is 0 Å². The Hall–Kier alpha value is -1.36. The highest BCUT2D eigenvalue weighted by atomic mass is 16.4. The van der Waals surface area contributed by atoms with Crippen molar-refractivity contribution in [2.75, 3.05) is 0 Å². The lowest BCUT2D eigenvalue weighted by molar-refractivity contribution is -0.139. The van der Waals surface area contributed by atoms with E-state index in [1.54, 1.807) is 6.92 Å². The van der Waals surface area contributed by atoms with Crippen molar-refractivity contribution in [2.24, 2.45) is 0 Å². The molecule has 0 spiro atoms. The molecule has 1 aromatic rings. The smallest absolute Gasteiger partial charge is 0.320 e. The molecule has 16 heavy (non-hydrogen) atoms. The maximum absolute atomic E-state index is 10.6. The molecule has 0 fully saturated rings. The quantitative estimate of drug-likeness (QED) is 0.768. The highest BCUT2D eigenvalue weighted by Gasteiger charge is 2.10. The van der Waals surface area contributed by atoms with E-state index in [2.05, 4.69) is 24.3 Å². The van der Waals surface area contributed by atoms with E-state index in [4.69, 9.17) is 5.11 Å². The van der Waals surface area contributed by atoms with E-state index >= 15 is 0 Å². The minimum atomic E-state index is -0.846. The van der Waals surface area contributed by atoms with Crippen LogP contribution in [-0.2, 0) is 11.3 Å². The summed E-state index contributed by atoms with van der Waals surface area (Å²) in [7, 11) is 0. The number of aliphatic carboxylic acids is 1. The van der Waals surface area contributed by atoms with Crippen molar-refractivity contribution < 1.29 is 9.90 Å². The minimum absolute atomic E-state index is 0.380. The molecule has 0 aromatic carbocycles. The van der Waals surface area contributed by atoms with E-state index in [0.717, 1.165) is 12.1 Å². The molecule has 0 aliphatic carbocycles. The van der Waals surface area contributed by atoms with Gasteiger partial charge in [0.15, 0.2) is 0 Å². The first kappa shape index (κ1) is 12.7. The molecule has 0 amide bonds. The Kier molecular flexibility index (Phi) is 4.49. The standard InChI is InChI=1S/C11H19N3O2/c1-4-8(2)14-6-5-10(13-14)7-12-9(3)11(15)16/h5-6,8-9,12H,4,7H2,1-3H3,(H,15,16)/t8?,9-/m0/s1. The summed E-state index contributed by atoms with van der Waals surface area (Å²) in [6.45, 7) is 6.31. The normalized spacial score (nSPS) is 14.7. The van der Waals surface area contributed by atoms with E-state index in [9.17, 15) is 4.79 Å². The number of carboxylic acids is 1. The number of rotatable bonds is 6. The second kappa shape index (κ2) is 5.65. The first-order chi connectivity index (χ1) is 7.54. The summed E-state index contributed by atoms with van der Waals surface area (Å²) < 4.78 is 1.91. The number of aromatic nitrogens is 2. The molecule has 0 radical (unpaired) electrons. The fraction of sp³-hybridized carbons (Fsp3) is 0.636. The summed E-state index contributed by atoms with van der Waals surface area (Å²) in [5.74, 6) is -0.846. The molecule has 5 heteroatoms. The Morgan fingerprint density at radius 1 is 1.62 bits per heavy atom. The van der Waals surface area contributed by atoms with Crippen molar-refractivity contribution in [1.29, 1.82) is 0 Å². The highest BCUT2D eigenvalue weighted by Crippen LogP contribution is 2.08. The number of hydrogen-bond acceptors (Lipinski definition) is 3. The van der Waals surface area contributed by atoms with Crippen LogP contribution in [0.1, 0.15) is 38.9 Å². The van der Waals surface area contributed by atoms with Crippen molar-refractivity contribution in [2.45, 2.75) is 45.8 Å². The molecule has 5 nitrogen and oxygen atoms in total. The Balaban J connectivity index is 2.49. The van der Waals surface area contributed by atoms with Gasteiger partial charge in [-0.3, -0.25) is 14.8 Å². The maximum Gasteiger partial charge on any atom is 0.320 e. The highest BCUT2D eigenvalue weighted by molar-refractivity contribution is 5.72. The zero-order chi connectivity index (χ0) is 12.1. The number of nitrogens with one attached hydrogen (secondary N) is 1. The molecule has 0 bridgehead atoms. The average Bonchev–Trinajstić information content (AvgIpc) is 2.73. The molecular formula is C11H19N3O2. The van der Waals surface area contributed by atoms with Gasteiger partial charge in [-0.25, -0.2) is 0 Å². The Morgan fingerprint density at radius 2 is 2.31 bits per heavy atom. The third-order valence-electron chi connectivity index (χ3n) is 2.67. The Labute approximate surface area is 95.5 Å². The minimum Gasteiger partial charge on any atom is -0.480 e. The first-order valence-corrected chi connectivity index (χ1v) is 5.54. The molecule has 1 rings (SSSR count). The van der Waals surface area contributed by atoms with Crippen molar-refractivity contribution in [3.05, 3.63) is 18.0 Å². The van der Waals surface area contributed by atoms with Crippen molar-refractivity contribution in [3.8, 4) is 0 Å². The summed E-state index contributed by atoms with van der Waals surface area (Å²) in [5, 5.41) is 16.0. The molecule has 1 unspecified atom stereocenters. The van der Waals surface area contributed by atoms with E-state index < -0.39 is 12.0 Å². The first-order valence-electron chi connectivity index (χ1n) is 5.54. The molecule has 0 aliphatic rings. The third-order valence-corrected chi connectivity index (χ3v) is 2.67. The average molecular weight is 225 g/mol. The van der Waals surface area contributed by atoms with E-state index in [1.807, 2.05) is 16.9 Å². The van der Waals surface area contributed by atoms with E-state index in [1.165, 1.54) is 0 Å². The molecule has 90 valence electrons. The van der Waals surface area contributed by atoms with Gasteiger partial charge in [0.1, 0.15) is 6.04 Å². The number of hydrogen-bond donors (Lipinski definition) is 2. The summed E-state index contributed by atoms with van der Waals surface area (Å²) >= 11 is 0. The van der Waals surface area contributed by atoms with Crippen LogP contribution >= 0.6 is 0 Å². The zero-order valence-electron chi connectivity index (χ0n) is 9.97.